The highest BCUT2D eigenvalue weighted by Gasteiger charge is 2.51. The lowest BCUT2D eigenvalue weighted by atomic mass is 9.97. The Labute approximate surface area is 576 Å². The van der Waals surface area contributed by atoms with Gasteiger partial charge < -0.3 is 65.1 Å². The van der Waals surface area contributed by atoms with Crippen LogP contribution in [-0.4, -0.2) is 140 Å². The summed E-state index contributed by atoms with van der Waals surface area (Å²) in [4.78, 5) is 13.4. The molecule has 9 N–H and O–H groups in total. The molecule has 14 nitrogen and oxygen atoms in total. The lowest BCUT2D eigenvalue weighted by Crippen LogP contribution is -2.65. The van der Waals surface area contributed by atoms with Crippen molar-refractivity contribution in [1.82, 2.24) is 5.32 Å². The van der Waals surface area contributed by atoms with Crippen LogP contribution in [0.2, 0.25) is 0 Å². The standard InChI is InChI=1S/C81H135NO13/c1-3-5-7-9-11-13-15-17-19-21-23-25-27-28-29-30-31-32-33-34-35-36-37-38-39-40-41-42-43-45-47-49-51-53-55-57-59-61-63-65-73(86)82-69(68-92-80-78(91)76(89)79(72(67-84)94-80)95-81-77(90)75(88)74(87)71(66-83)93-81)70(85)64-62-60-58-56-54-52-50-48-46-44-26-24-22-20-18-16-14-12-10-8-6-4-2/h5,7,11,13,17,19,23,25,28-29,31-32,34-35,37-38,40-41,43,45,54,56,62,64,69-72,74-81,83-85,87-91H,3-4,6,8-10,12,14-16,18,20-22,24,26-27,30,33,36,39,42,44,46-53,55,57-61,63,65-68H2,1-2H3,(H,82,86)/b7-5-,13-11-,19-17-,25-23-,29-28-,32-31-,35-34-,38-37-,41-40-,45-43-,56-54+,64-62+. The number of ether oxygens (including phenoxy) is 4. The van der Waals surface area contributed by atoms with E-state index in [4.69, 9.17) is 18.9 Å². The summed E-state index contributed by atoms with van der Waals surface area (Å²) >= 11 is 0. The number of hydrogen-bond acceptors (Lipinski definition) is 13. The second-order valence-electron chi connectivity index (χ2n) is 25.7. The number of amides is 1. The van der Waals surface area contributed by atoms with Crippen LogP contribution in [0.3, 0.4) is 0 Å². The molecule has 0 aromatic carbocycles. The van der Waals surface area contributed by atoms with Crippen LogP contribution in [-0.2, 0) is 23.7 Å². The molecule has 0 radical (unpaired) electrons. The van der Waals surface area contributed by atoms with Crippen LogP contribution in [0, 0.1) is 0 Å². The number of carbonyl (C=O) groups is 1. The third kappa shape index (κ3) is 46.7. The van der Waals surface area contributed by atoms with Gasteiger partial charge >= 0.3 is 0 Å². The van der Waals surface area contributed by atoms with Crippen LogP contribution in [0.15, 0.2) is 146 Å². The van der Waals surface area contributed by atoms with Crippen molar-refractivity contribution in [3.8, 4) is 0 Å². The molecule has 2 aliphatic heterocycles. The van der Waals surface area contributed by atoms with Gasteiger partial charge in [-0.2, -0.15) is 0 Å². The zero-order valence-electron chi connectivity index (χ0n) is 59.1. The van der Waals surface area contributed by atoms with Gasteiger partial charge in [-0.05, 0) is 109 Å². The number of carbonyl (C=O) groups excluding carboxylic acids is 1. The number of rotatable bonds is 60. The first kappa shape index (κ1) is 87.0. The Morgan fingerprint density at radius 2 is 0.737 bits per heavy atom. The third-order valence-electron chi connectivity index (χ3n) is 17.3. The molecule has 2 saturated heterocycles. The Bertz CT molecular complexity index is 2160. The molecule has 1 amide bonds. The second kappa shape index (κ2) is 63.3. The molecule has 2 rings (SSSR count). The molecule has 2 fully saturated rings. The SMILES string of the molecule is CC/C=C\C/C=C\C/C=C\C/C=C\C/C=C\C/C=C\C/C=C\C/C=C\C/C=C\C/C=C\CCCCCCCCCCC(=O)NC(COC1OC(CO)C(OC2OC(CO)C(O)C(O)C2O)C(O)C1O)C(O)/C=C/CC/C=C/CCCCCCCCCCCCCCCCCC. The number of aliphatic hydroxyl groups excluding tert-OH is 8. The molecule has 0 aromatic heterocycles. The van der Waals surface area contributed by atoms with Gasteiger partial charge in [-0.3, -0.25) is 4.79 Å². The van der Waals surface area contributed by atoms with E-state index in [-0.39, 0.29) is 18.9 Å². The van der Waals surface area contributed by atoms with E-state index < -0.39 is 86.8 Å². The van der Waals surface area contributed by atoms with E-state index in [2.05, 4.69) is 153 Å². The molecular weight excluding hydrogens is 1190 g/mol. The number of hydrogen-bond donors (Lipinski definition) is 9. The number of nitrogens with one attached hydrogen (secondary N) is 1. The van der Waals surface area contributed by atoms with Gasteiger partial charge in [0.2, 0.25) is 5.91 Å². The predicted octanol–water partition coefficient (Wildman–Crippen LogP) is 16.4. The fraction of sp³-hybridized carbons (Fsp3) is 0.691. The minimum Gasteiger partial charge on any atom is -0.394 e. The molecule has 542 valence electrons. The average molecular weight is 1330 g/mol. The first-order chi connectivity index (χ1) is 46.6. The van der Waals surface area contributed by atoms with E-state index in [1.165, 1.54) is 122 Å². The van der Waals surface area contributed by atoms with Crippen LogP contribution < -0.4 is 5.32 Å². The molecular formula is C81H135NO13. The van der Waals surface area contributed by atoms with Crippen molar-refractivity contribution >= 4 is 5.91 Å². The summed E-state index contributed by atoms with van der Waals surface area (Å²) in [6.07, 6.45) is 79.0. The van der Waals surface area contributed by atoms with Crippen LogP contribution in [0.4, 0.5) is 0 Å². The van der Waals surface area contributed by atoms with E-state index in [0.29, 0.717) is 12.8 Å². The van der Waals surface area contributed by atoms with Crippen molar-refractivity contribution in [3.05, 3.63) is 146 Å². The zero-order valence-corrected chi connectivity index (χ0v) is 59.1. The van der Waals surface area contributed by atoms with Crippen molar-refractivity contribution in [2.75, 3.05) is 19.8 Å². The average Bonchev–Trinajstić information content (AvgIpc) is 0.801. The predicted molar refractivity (Wildman–Crippen MR) is 391 cm³/mol. The van der Waals surface area contributed by atoms with Crippen molar-refractivity contribution < 1.29 is 64.6 Å². The molecule has 0 aromatic rings. The largest absolute Gasteiger partial charge is 0.394 e. The topological polar surface area (TPSA) is 228 Å². The van der Waals surface area contributed by atoms with Gasteiger partial charge in [-0.15, -0.1) is 0 Å². The number of aliphatic hydroxyl groups is 8. The van der Waals surface area contributed by atoms with Gasteiger partial charge in [0, 0.05) is 6.42 Å². The van der Waals surface area contributed by atoms with Crippen LogP contribution in [0.25, 0.3) is 0 Å². The Hall–Kier alpha value is -4.13. The molecule has 0 bridgehead atoms. The van der Waals surface area contributed by atoms with Gasteiger partial charge in [0.15, 0.2) is 12.6 Å². The normalized spacial score (nSPS) is 23.2. The summed E-state index contributed by atoms with van der Waals surface area (Å²) in [6, 6.07) is -0.948. The fourth-order valence-electron chi connectivity index (χ4n) is 11.3. The Morgan fingerprint density at radius 3 is 1.16 bits per heavy atom. The fourth-order valence-corrected chi connectivity index (χ4v) is 11.3. The number of unbranched alkanes of at least 4 members (excludes halogenated alkanes) is 25. The Morgan fingerprint density at radius 1 is 0.389 bits per heavy atom. The number of allylic oxidation sites excluding steroid dienone is 23. The highest BCUT2D eigenvalue weighted by atomic mass is 16.7. The molecule has 0 saturated carbocycles. The molecule has 12 unspecified atom stereocenters. The maximum absolute atomic E-state index is 13.4. The first-order valence-electron chi connectivity index (χ1n) is 37.6. The maximum atomic E-state index is 13.4. The van der Waals surface area contributed by atoms with Crippen molar-refractivity contribution in [2.45, 2.75) is 338 Å². The zero-order chi connectivity index (χ0) is 68.7. The van der Waals surface area contributed by atoms with Gasteiger partial charge in [-0.25, -0.2) is 0 Å². The molecule has 2 aliphatic rings. The van der Waals surface area contributed by atoms with Crippen LogP contribution >= 0.6 is 0 Å². The third-order valence-corrected chi connectivity index (χ3v) is 17.3. The van der Waals surface area contributed by atoms with Gasteiger partial charge in [0.1, 0.15) is 48.8 Å². The van der Waals surface area contributed by atoms with Crippen molar-refractivity contribution in [2.24, 2.45) is 0 Å². The molecule has 0 spiro atoms. The smallest absolute Gasteiger partial charge is 0.220 e. The van der Waals surface area contributed by atoms with Crippen LogP contribution in [0.5, 0.6) is 0 Å². The van der Waals surface area contributed by atoms with Crippen LogP contribution in [0.1, 0.15) is 264 Å². The quantitative estimate of drug-likeness (QED) is 0.0204. The monoisotopic (exact) mass is 1330 g/mol. The van der Waals surface area contributed by atoms with Crippen molar-refractivity contribution in [1.29, 1.82) is 0 Å². The lowest BCUT2D eigenvalue weighted by molar-refractivity contribution is -0.359. The molecule has 95 heavy (non-hydrogen) atoms. The summed E-state index contributed by atoms with van der Waals surface area (Å²) in [5.41, 5.74) is 0. The lowest BCUT2D eigenvalue weighted by Gasteiger charge is -2.46. The minimum absolute atomic E-state index is 0.255. The summed E-state index contributed by atoms with van der Waals surface area (Å²) in [5.74, 6) is -0.262. The summed E-state index contributed by atoms with van der Waals surface area (Å²) in [5, 5.41) is 87.5. The Balaban J connectivity index is 1.66. The molecule has 2 heterocycles. The maximum Gasteiger partial charge on any atom is 0.220 e. The van der Waals surface area contributed by atoms with E-state index in [1.807, 2.05) is 6.08 Å². The van der Waals surface area contributed by atoms with Gasteiger partial charge in [0.05, 0.1) is 32.0 Å². The molecule has 12 atom stereocenters. The summed E-state index contributed by atoms with van der Waals surface area (Å²) in [7, 11) is 0. The minimum atomic E-state index is -1.80. The van der Waals surface area contributed by atoms with E-state index in [9.17, 15) is 45.6 Å². The Kier molecular flexibility index (Phi) is 58.0. The second-order valence-corrected chi connectivity index (χ2v) is 25.7. The van der Waals surface area contributed by atoms with E-state index in [1.54, 1.807) is 6.08 Å². The highest BCUT2D eigenvalue weighted by molar-refractivity contribution is 5.76. The molecule has 14 heteroatoms. The molecule has 0 aliphatic carbocycles. The van der Waals surface area contributed by atoms with E-state index in [0.717, 1.165) is 109 Å². The highest BCUT2D eigenvalue weighted by Crippen LogP contribution is 2.30. The first-order valence-corrected chi connectivity index (χ1v) is 37.6. The van der Waals surface area contributed by atoms with E-state index >= 15 is 0 Å². The summed E-state index contributed by atoms with van der Waals surface area (Å²) < 4.78 is 22.8. The van der Waals surface area contributed by atoms with Gasteiger partial charge in [-0.1, -0.05) is 295 Å². The summed E-state index contributed by atoms with van der Waals surface area (Å²) in [6.45, 7) is 2.67. The van der Waals surface area contributed by atoms with Gasteiger partial charge in [0.25, 0.3) is 0 Å². The van der Waals surface area contributed by atoms with Crippen molar-refractivity contribution in [3.63, 3.8) is 0 Å².